The van der Waals surface area contributed by atoms with Crippen molar-refractivity contribution in [2.24, 2.45) is 11.7 Å². The predicted octanol–water partition coefficient (Wildman–Crippen LogP) is 2.33. The number of nitrogens with zero attached hydrogens (tertiary/aromatic N) is 2. The van der Waals surface area contributed by atoms with Gasteiger partial charge in [0.25, 0.3) is 0 Å². The van der Waals surface area contributed by atoms with E-state index >= 15 is 0 Å². The van der Waals surface area contributed by atoms with Gasteiger partial charge < -0.3 is 16.0 Å². The fourth-order valence-electron chi connectivity index (χ4n) is 1.62. The first kappa shape index (κ1) is 15.0. The topological polar surface area (TPSA) is 82.2 Å². The third-order valence-corrected chi connectivity index (χ3v) is 2.80. The van der Waals surface area contributed by atoms with Gasteiger partial charge in [-0.1, -0.05) is 12.1 Å². The van der Waals surface area contributed by atoms with Gasteiger partial charge in [0.1, 0.15) is 0 Å². The Balaban J connectivity index is 2.59. The number of hydrogen-bond acceptors (Lipinski definition) is 3. The molecule has 1 rings (SSSR count). The van der Waals surface area contributed by atoms with Gasteiger partial charge in [-0.05, 0) is 31.5 Å². The highest BCUT2D eigenvalue weighted by Gasteiger charge is 2.12. The molecule has 0 aliphatic heterocycles. The SMILES string of the molecule is CC(C#N)CN(C)C(=O)Nc1ccc(C(C)N)cc1. The molecule has 0 saturated carbocycles. The Morgan fingerprint density at radius 1 is 1.42 bits per heavy atom. The maximum Gasteiger partial charge on any atom is 0.321 e. The zero-order valence-electron chi connectivity index (χ0n) is 11.6. The molecule has 0 fully saturated rings. The monoisotopic (exact) mass is 260 g/mol. The zero-order valence-corrected chi connectivity index (χ0v) is 11.6. The van der Waals surface area contributed by atoms with Crippen molar-refractivity contribution >= 4 is 11.7 Å². The molecule has 19 heavy (non-hydrogen) atoms. The average molecular weight is 260 g/mol. The standard InChI is InChI=1S/C14H20N4O/c1-10(8-15)9-18(3)14(19)17-13-6-4-12(5-7-13)11(2)16/h4-7,10-11H,9,16H2,1-3H3,(H,17,19). The van der Waals surface area contributed by atoms with Gasteiger partial charge in [-0.2, -0.15) is 5.26 Å². The van der Waals surface area contributed by atoms with Gasteiger partial charge in [0.15, 0.2) is 0 Å². The largest absolute Gasteiger partial charge is 0.326 e. The van der Waals surface area contributed by atoms with Crippen molar-refractivity contribution in [2.75, 3.05) is 18.9 Å². The summed E-state index contributed by atoms with van der Waals surface area (Å²) < 4.78 is 0. The highest BCUT2D eigenvalue weighted by molar-refractivity contribution is 5.89. The summed E-state index contributed by atoms with van der Waals surface area (Å²) in [6, 6.07) is 9.26. The predicted molar refractivity (Wildman–Crippen MR) is 75.5 cm³/mol. The Kier molecular flexibility index (Phi) is 5.34. The first-order valence-corrected chi connectivity index (χ1v) is 6.21. The van der Waals surface area contributed by atoms with Crippen molar-refractivity contribution in [2.45, 2.75) is 19.9 Å². The Hall–Kier alpha value is -2.06. The molecule has 2 unspecified atom stereocenters. The van der Waals surface area contributed by atoms with E-state index in [0.29, 0.717) is 12.2 Å². The van der Waals surface area contributed by atoms with E-state index in [9.17, 15) is 4.79 Å². The molecule has 0 saturated heterocycles. The number of hydrogen-bond donors (Lipinski definition) is 2. The summed E-state index contributed by atoms with van der Waals surface area (Å²) in [5.74, 6) is -0.184. The first-order chi connectivity index (χ1) is 8.93. The molecular weight excluding hydrogens is 240 g/mol. The molecule has 5 nitrogen and oxygen atoms in total. The number of nitrogens with two attached hydrogens (primary N) is 1. The molecule has 1 aromatic carbocycles. The minimum atomic E-state index is -0.226. The van der Waals surface area contributed by atoms with Gasteiger partial charge >= 0.3 is 6.03 Å². The van der Waals surface area contributed by atoms with Crippen molar-refractivity contribution in [3.8, 4) is 6.07 Å². The number of urea groups is 1. The molecule has 0 spiro atoms. The molecule has 0 aliphatic rings. The molecule has 2 atom stereocenters. The van der Waals surface area contributed by atoms with E-state index in [-0.39, 0.29) is 18.0 Å². The zero-order chi connectivity index (χ0) is 14.4. The van der Waals surface area contributed by atoms with E-state index in [4.69, 9.17) is 11.0 Å². The van der Waals surface area contributed by atoms with E-state index in [2.05, 4.69) is 11.4 Å². The van der Waals surface area contributed by atoms with Gasteiger partial charge in [0.2, 0.25) is 0 Å². The van der Waals surface area contributed by atoms with Crippen LogP contribution in [0.3, 0.4) is 0 Å². The Bertz CT molecular complexity index is 461. The van der Waals surface area contributed by atoms with E-state index in [0.717, 1.165) is 5.56 Å². The molecule has 0 radical (unpaired) electrons. The van der Waals surface area contributed by atoms with Crippen LogP contribution >= 0.6 is 0 Å². The maximum absolute atomic E-state index is 11.9. The van der Waals surface area contributed by atoms with Crippen LogP contribution in [0.1, 0.15) is 25.5 Å². The third kappa shape index (κ3) is 4.60. The summed E-state index contributed by atoms with van der Waals surface area (Å²) in [6.45, 7) is 4.09. The summed E-state index contributed by atoms with van der Waals surface area (Å²) >= 11 is 0. The summed E-state index contributed by atoms with van der Waals surface area (Å²) in [7, 11) is 1.67. The molecule has 102 valence electrons. The minimum absolute atomic E-state index is 0.0242. The second kappa shape index (κ2) is 6.76. The highest BCUT2D eigenvalue weighted by atomic mass is 16.2. The van der Waals surface area contributed by atoms with Gasteiger partial charge in [0.05, 0.1) is 12.0 Å². The van der Waals surface area contributed by atoms with E-state index in [1.807, 2.05) is 31.2 Å². The molecule has 3 N–H and O–H groups in total. The fourth-order valence-corrected chi connectivity index (χ4v) is 1.62. The molecular formula is C14H20N4O. The van der Waals surface area contributed by atoms with Crippen LogP contribution in [-0.4, -0.2) is 24.5 Å². The Morgan fingerprint density at radius 2 is 2.00 bits per heavy atom. The van der Waals surface area contributed by atoms with Crippen molar-refractivity contribution in [3.63, 3.8) is 0 Å². The first-order valence-electron chi connectivity index (χ1n) is 6.21. The van der Waals surface area contributed by atoms with E-state index < -0.39 is 0 Å². The summed E-state index contributed by atoms with van der Waals surface area (Å²) in [4.78, 5) is 13.4. The number of benzene rings is 1. The van der Waals surface area contributed by atoms with Crippen LogP contribution in [0.5, 0.6) is 0 Å². The lowest BCUT2D eigenvalue weighted by molar-refractivity contribution is 0.219. The van der Waals surface area contributed by atoms with Crippen molar-refractivity contribution in [1.82, 2.24) is 4.90 Å². The lowest BCUT2D eigenvalue weighted by Crippen LogP contribution is -2.34. The van der Waals surface area contributed by atoms with Gasteiger partial charge in [-0.25, -0.2) is 4.79 Å². The van der Waals surface area contributed by atoms with Crippen LogP contribution in [0.25, 0.3) is 0 Å². The van der Waals surface area contributed by atoms with Crippen LogP contribution in [0, 0.1) is 17.2 Å². The lowest BCUT2D eigenvalue weighted by Gasteiger charge is -2.19. The Morgan fingerprint density at radius 3 is 2.47 bits per heavy atom. The van der Waals surface area contributed by atoms with E-state index in [1.165, 1.54) is 4.90 Å². The Labute approximate surface area is 114 Å². The molecule has 1 aromatic rings. The number of nitriles is 1. The van der Waals surface area contributed by atoms with Crippen LogP contribution in [-0.2, 0) is 0 Å². The minimum Gasteiger partial charge on any atom is -0.326 e. The molecule has 2 amide bonds. The van der Waals surface area contributed by atoms with Gasteiger partial charge in [-0.15, -0.1) is 0 Å². The van der Waals surface area contributed by atoms with Gasteiger partial charge in [0, 0.05) is 25.3 Å². The number of nitrogens with one attached hydrogen (secondary N) is 1. The second-order valence-electron chi connectivity index (χ2n) is 4.75. The highest BCUT2D eigenvalue weighted by Crippen LogP contribution is 2.14. The average Bonchev–Trinajstić information content (AvgIpc) is 2.38. The molecule has 0 bridgehead atoms. The van der Waals surface area contributed by atoms with Crippen LogP contribution in [0.4, 0.5) is 10.5 Å². The molecule has 0 aromatic heterocycles. The second-order valence-corrected chi connectivity index (χ2v) is 4.75. The smallest absolute Gasteiger partial charge is 0.321 e. The van der Waals surface area contributed by atoms with Gasteiger partial charge in [-0.3, -0.25) is 0 Å². The third-order valence-electron chi connectivity index (χ3n) is 2.80. The number of carbonyl (C=O) groups excluding carboxylic acids is 1. The van der Waals surface area contributed by atoms with E-state index in [1.54, 1.807) is 14.0 Å². The maximum atomic E-state index is 11.9. The van der Waals surface area contributed by atoms with Crippen molar-refractivity contribution in [1.29, 1.82) is 5.26 Å². The van der Waals surface area contributed by atoms with Crippen molar-refractivity contribution < 1.29 is 4.79 Å². The van der Waals surface area contributed by atoms with Crippen molar-refractivity contribution in [3.05, 3.63) is 29.8 Å². The fraction of sp³-hybridized carbons (Fsp3) is 0.429. The summed E-state index contributed by atoms with van der Waals surface area (Å²) in [5, 5.41) is 11.5. The molecule has 0 heterocycles. The quantitative estimate of drug-likeness (QED) is 0.871. The lowest BCUT2D eigenvalue weighted by atomic mass is 10.1. The number of anilines is 1. The van der Waals surface area contributed by atoms with Crippen LogP contribution in [0.2, 0.25) is 0 Å². The number of rotatable bonds is 4. The van der Waals surface area contributed by atoms with Crippen LogP contribution in [0.15, 0.2) is 24.3 Å². The molecule has 0 aliphatic carbocycles. The summed E-state index contributed by atoms with van der Waals surface area (Å²) in [6.07, 6.45) is 0. The van der Waals surface area contributed by atoms with Crippen LogP contribution < -0.4 is 11.1 Å². The normalized spacial score (nSPS) is 13.2. The summed E-state index contributed by atoms with van der Waals surface area (Å²) in [5.41, 5.74) is 7.49. The number of carbonyl (C=O) groups is 1. The molecule has 5 heteroatoms. The number of amides is 2.